The lowest BCUT2D eigenvalue weighted by molar-refractivity contribution is -0.189. The fraction of sp³-hybridized carbons (Fsp3) is 0.900. The molecule has 0 aromatic heterocycles. The van der Waals surface area contributed by atoms with Crippen molar-refractivity contribution < 1.29 is 23.1 Å². The Labute approximate surface area is 92.2 Å². The van der Waals surface area contributed by atoms with Gasteiger partial charge in [0.1, 0.15) is 6.04 Å². The summed E-state index contributed by atoms with van der Waals surface area (Å²) in [6.07, 6.45) is -2.40. The maximum atomic E-state index is 12.6. The molecule has 0 aliphatic heterocycles. The molecule has 0 spiro atoms. The third kappa shape index (κ3) is 3.66. The van der Waals surface area contributed by atoms with E-state index in [1.807, 2.05) is 0 Å². The highest BCUT2D eigenvalue weighted by molar-refractivity contribution is 5.67. The van der Waals surface area contributed by atoms with Gasteiger partial charge in [-0.05, 0) is 25.8 Å². The van der Waals surface area contributed by atoms with Crippen molar-refractivity contribution in [2.24, 2.45) is 5.92 Å². The quantitative estimate of drug-likeness (QED) is 0.799. The zero-order valence-electron chi connectivity index (χ0n) is 9.13. The molecule has 94 valence electrons. The molecular formula is C10H16F3NO2. The van der Waals surface area contributed by atoms with Crippen LogP contribution in [-0.2, 0) is 4.79 Å². The molecule has 0 saturated heterocycles. The predicted octanol–water partition coefficient (Wildman–Crippen LogP) is 2.12. The van der Waals surface area contributed by atoms with Crippen molar-refractivity contribution in [3.05, 3.63) is 0 Å². The van der Waals surface area contributed by atoms with Crippen molar-refractivity contribution in [3.8, 4) is 0 Å². The highest BCUT2D eigenvalue weighted by atomic mass is 19.4. The zero-order chi connectivity index (χ0) is 12.3. The number of carboxylic acid groups (broad SMARTS) is 1. The molecular weight excluding hydrogens is 223 g/mol. The van der Waals surface area contributed by atoms with Crippen molar-refractivity contribution in [1.82, 2.24) is 4.90 Å². The molecule has 1 N–H and O–H groups in total. The van der Waals surface area contributed by atoms with Crippen LogP contribution < -0.4 is 0 Å². The normalized spacial score (nSPS) is 19.6. The average molecular weight is 239 g/mol. The van der Waals surface area contributed by atoms with E-state index in [0.29, 0.717) is 12.5 Å². The number of aliphatic carboxylic acids is 1. The van der Waals surface area contributed by atoms with E-state index in [1.54, 1.807) is 0 Å². The first-order valence-corrected chi connectivity index (χ1v) is 5.29. The Balaban J connectivity index is 2.55. The van der Waals surface area contributed by atoms with Gasteiger partial charge in [-0.25, -0.2) is 0 Å². The molecule has 0 aromatic rings. The number of nitrogens with zero attached hydrogens (tertiary/aromatic N) is 1. The molecule has 1 fully saturated rings. The van der Waals surface area contributed by atoms with Crippen LogP contribution in [0.15, 0.2) is 0 Å². The highest BCUT2D eigenvalue weighted by Gasteiger charge is 2.44. The summed E-state index contributed by atoms with van der Waals surface area (Å²) >= 11 is 0. The fourth-order valence-electron chi connectivity index (χ4n) is 1.90. The lowest BCUT2D eigenvalue weighted by Gasteiger charge is -2.35. The summed E-state index contributed by atoms with van der Waals surface area (Å²) < 4.78 is 37.8. The largest absolute Gasteiger partial charge is 0.481 e. The molecule has 3 nitrogen and oxygen atoms in total. The molecule has 1 saturated carbocycles. The fourth-order valence-corrected chi connectivity index (χ4v) is 1.90. The van der Waals surface area contributed by atoms with Gasteiger partial charge in [0, 0.05) is 6.54 Å². The second-order valence-corrected chi connectivity index (χ2v) is 4.39. The number of alkyl halides is 3. The summed E-state index contributed by atoms with van der Waals surface area (Å²) in [7, 11) is 1.35. The lowest BCUT2D eigenvalue weighted by Crippen LogP contribution is -2.47. The Hall–Kier alpha value is -0.780. The zero-order valence-corrected chi connectivity index (χ0v) is 9.13. The number of rotatable bonds is 5. The van der Waals surface area contributed by atoms with Crippen LogP contribution in [0.1, 0.15) is 25.7 Å². The Kier molecular flexibility index (Phi) is 4.18. The van der Waals surface area contributed by atoms with E-state index in [0.717, 1.165) is 24.2 Å². The molecule has 6 heteroatoms. The van der Waals surface area contributed by atoms with E-state index in [9.17, 15) is 18.0 Å². The average Bonchev–Trinajstić information content (AvgIpc) is 2.04. The predicted molar refractivity (Wildman–Crippen MR) is 52.1 cm³/mol. The van der Waals surface area contributed by atoms with Gasteiger partial charge in [0.2, 0.25) is 0 Å². The third-order valence-electron chi connectivity index (χ3n) is 3.05. The van der Waals surface area contributed by atoms with E-state index in [1.165, 1.54) is 7.05 Å². The smallest absolute Gasteiger partial charge is 0.404 e. The lowest BCUT2D eigenvalue weighted by atomic mass is 9.85. The van der Waals surface area contributed by atoms with E-state index >= 15 is 0 Å². The molecule has 0 amide bonds. The van der Waals surface area contributed by atoms with Gasteiger partial charge in [0.25, 0.3) is 0 Å². The second kappa shape index (κ2) is 5.03. The Morgan fingerprint density at radius 1 is 1.50 bits per heavy atom. The van der Waals surface area contributed by atoms with Gasteiger partial charge in [-0.1, -0.05) is 6.42 Å². The number of halogens is 3. The van der Waals surface area contributed by atoms with Crippen LogP contribution in [0.3, 0.4) is 0 Å². The third-order valence-corrected chi connectivity index (χ3v) is 3.05. The monoisotopic (exact) mass is 239 g/mol. The Morgan fingerprint density at radius 2 is 2.06 bits per heavy atom. The molecule has 1 aliphatic carbocycles. The SMILES string of the molecule is CN(CC1CCC1)C(CC(=O)O)C(F)(F)F. The Bertz CT molecular complexity index is 251. The van der Waals surface area contributed by atoms with Crippen LogP contribution in [0.25, 0.3) is 0 Å². The molecule has 1 rings (SSSR count). The van der Waals surface area contributed by atoms with E-state index in [-0.39, 0.29) is 0 Å². The summed E-state index contributed by atoms with van der Waals surface area (Å²) in [5, 5.41) is 8.47. The van der Waals surface area contributed by atoms with Crippen LogP contribution >= 0.6 is 0 Å². The van der Waals surface area contributed by atoms with Gasteiger partial charge in [0.15, 0.2) is 0 Å². The van der Waals surface area contributed by atoms with Gasteiger partial charge in [-0.3, -0.25) is 9.69 Å². The number of hydrogen-bond donors (Lipinski definition) is 1. The molecule has 16 heavy (non-hydrogen) atoms. The first-order valence-electron chi connectivity index (χ1n) is 5.29. The highest BCUT2D eigenvalue weighted by Crippen LogP contribution is 2.31. The summed E-state index contributed by atoms with van der Waals surface area (Å²) in [5.41, 5.74) is 0. The van der Waals surface area contributed by atoms with Crippen LogP contribution in [0.5, 0.6) is 0 Å². The molecule has 0 heterocycles. The molecule has 0 aromatic carbocycles. The molecule has 1 unspecified atom stereocenters. The summed E-state index contributed by atoms with van der Waals surface area (Å²) in [6.45, 7) is 0.331. The summed E-state index contributed by atoms with van der Waals surface area (Å²) in [5.74, 6) is -1.12. The first-order chi connectivity index (χ1) is 7.30. The number of carbonyl (C=O) groups is 1. The standard InChI is InChI=1S/C10H16F3NO2/c1-14(6-7-3-2-4-7)8(5-9(15)16)10(11,12)13/h7-8H,2-6H2,1H3,(H,15,16). The van der Waals surface area contributed by atoms with Crippen LogP contribution in [-0.4, -0.2) is 41.8 Å². The van der Waals surface area contributed by atoms with Crippen molar-refractivity contribution in [2.45, 2.75) is 37.9 Å². The van der Waals surface area contributed by atoms with Crippen LogP contribution in [0.4, 0.5) is 13.2 Å². The minimum Gasteiger partial charge on any atom is -0.481 e. The van der Waals surface area contributed by atoms with Crippen molar-refractivity contribution in [2.75, 3.05) is 13.6 Å². The van der Waals surface area contributed by atoms with Gasteiger partial charge in [-0.15, -0.1) is 0 Å². The molecule has 0 bridgehead atoms. The minimum absolute atomic E-state index is 0.295. The molecule has 1 atom stereocenters. The Morgan fingerprint density at radius 3 is 2.38 bits per heavy atom. The van der Waals surface area contributed by atoms with Crippen molar-refractivity contribution in [1.29, 1.82) is 0 Å². The first kappa shape index (κ1) is 13.3. The van der Waals surface area contributed by atoms with Crippen molar-refractivity contribution in [3.63, 3.8) is 0 Å². The van der Waals surface area contributed by atoms with Crippen LogP contribution in [0.2, 0.25) is 0 Å². The second-order valence-electron chi connectivity index (χ2n) is 4.39. The maximum absolute atomic E-state index is 12.6. The number of carboxylic acids is 1. The summed E-state index contributed by atoms with van der Waals surface area (Å²) in [6, 6.07) is -1.87. The van der Waals surface area contributed by atoms with E-state index in [2.05, 4.69) is 0 Å². The van der Waals surface area contributed by atoms with Crippen molar-refractivity contribution >= 4 is 5.97 Å². The maximum Gasteiger partial charge on any atom is 0.404 e. The van der Waals surface area contributed by atoms with E-state index in [4.69, 9.17) is 5.11 Å². The van der Waals surface area contributed by atoms with Gasteiger partial charge in [-0.2, -0.15) is 13.2 Å². The van der Waals surface area contributed by atoms with Gasteiger partial charge in [0.05, 0.1) is 6.42 Å². The number of hydrogen-bond acceptors (Lipinski definition) is 2. The van der Waals surface area contributed by atoms with E-state index < -0.39 is 24.6 Å². The minimum atomic E-state index is -4.48. The summed E-state index contributed by atoms with van der Waals surface area (Å²) in [4.78, 5) is 11.5. The molecule has 1 aliphatic rings. The molecule has 0 radical (unpaired) electrons. The van der Waals surface area contributed by atoms with Crippen LogP contribution in [0, 0.1) is 5.92 Å². The van der Waals surface area contributed by atoms with Gasteiger partial charge >= 0.3 is 12.1 Å². The van der Waals surface area contributed by atoms with Gasteiger partial charge < -0.3 is 5.11 Å². The topological polar surface area (TPSA) is 40.5 Å².